The van der Waals surface area contributed by atoms with Crippen molar-refractivity contribution in [3.05, 3.63) is 29.4 Å². The molecule has 0 spiro atoms. The third kappa shape index (κ3) is 3.69. The summed E-state index contributed by atoms with van der Waals surface area (Å²) < 4.78 is 22.3. The normalized spacial score (nSPS) is 16.9. The van der Waals surface area contributed by atoms with Gasteiger partial charge in [0.05, 0.1) is 5.69 Å². The molecule has 0 saturated carbocycles. The summed E-state index contributed by atoms with van der Waals surface area (Å²) in [6, 6.07) is 2.80. The second kappa shape index (κ2) is 5.03. The molecule has 1 heterocycles. The standard InChI is InChI=1S/C6H9N3O6P2/c10-9-16(11,12)6(17(13,14)15)8-5-2-1-3-7-4-5/h1-4,6,8H,(H,11,12)(H2,13,14,15). The van der Waals surface area contributed by atoms with Crippen LogP contribution in [-0.4, -0.2) is 25.2 Å². The highest BCUT2D eigenvalue weighted by Crippen LogP contribution is 2.62. The van der Waals surface area contributed by atoms with E-state index in [-0.39, 0.29) is 5.69 Å². The van der Waals surface area contributed by atoms with E-state index in [1.807, 2.05) is 4.95 Å². The van der Waals surface area contributed by atoms with Crippen molar-refractivity contribution in [3.63, 3.8) is 0 Å². The quantitative estimate of drug-likeness (QED) is 0.459. The fourth-order valence-corrected chi connectivity index (χ4v) is 3.42. The molecule has 0 aliphatic heterocycles. The molecule has 1 aromatic heterocycles. The number of nitrogens with zero attached hydrogens (tertiary/aromatic N) is 2. The van der Waals surface area contributed by atoms with E-state index in [2.05, 4.69) is 10.3 Å². The van der Waals surface area contributed by atoms with Crippen molar-refractivity contribution in [2.75, 3.05) is 5.32 Å². The maximum absolute atomic E-state index is 11.2. The van der Waals surface area contributed by atoms with Gasteiger partial charge in [-0.15, -0.1) is 4.91 Å². The van der Waals surface area contributed by atoms with Crippen molar-refractivity contribution < 1.29 is 23.8 Å². The molecule has 17 heavy (non-hydrogen) atoms. The van der Waals surface area contributed by atoms with Gasteiger partial charge in [0, 0.05) is 17.3 Å². The Morgan fingerprint density at radius 1 is 1.35 bits per heavy atom. The van der Waals surface area contributed by atoms with Crippen LogP contribution in [0.1, 0.15) is 0 Å². The van der Waals surface area contributed by atoms with Crippen LogP contribution in [-0.2, 0) is 9.13 Å². The van der Waals surface area contributed by atoms with Gasteiger partial charge in [0.2, 0.25) is 5.52 Å². The van der Waals surface area contributed by atoms with E-state index in [9.17, 15) is 14.0 Å². The first-order chi connectivity index (χ1) is 7.77. The van der Waals surface area contributed by atoms with Crippen molar-refractivity contribution in [2.45, 2.75) is 5.52 Å². The summed E-state index contributed by atoms with van der Waals surface area (Å²) >= 11 is 0. The highest BCUT2D eigenvalue weighted by molar-refractivity contribution is 7.73. The second-order valence-corrected chi connectivity index (χ2v) is 6.98. The molecular formula is C6H9N3O6P2. The van der Waals surface area contributed by atoms with Crippen molar-refractivity contribution in [1.82, 2.24) is 4.98 Å². The Kier molecular flexibility index (Phi) is 4.13. The van der Waals surface area contributed by atoms with Crippen LogP contribution in [0.5, 0.6) is 0 Å². The smallest absolute Gasteiger partial charge is 0.361 e. The lowest BCUT2D eigenvalue weighted by Crippen LogP contribution is -2.19. The molecule has 0 aromatic carbocycles. The minimum Gasteiger partial charge on any atom is -0.361 e. The molecule has 9 nitrogen and oxygen atoms in total. The predicted octanol–water partition coefficient (Wildman–Crippen LogP) is 0.907. The van der Waals surface area contributed by atoms with Crippen LogP contribution in [0, 0.1) is 4.91 Å². The molecule has 0 amide bonds. The third-order valence-corrected chi connectivity index (χ3v) is 5.28. The molecule has 0 bridgehead atoms. The SMILES string of the molecule is O=NP(=O)(O)C(Nc1cccnc1)P(=O)(O)O. The van der Waals surface area contributed by atoms with Crippen LogP contribution < -0.4 is 5.32 Å². The fraction of sp³-hybridized carbons (Fsp3) is 0.167. The number of nitroso groups, excluding NO2 is 1. The van der Waals surface area contributed by atoms with E-state index in [0.717, 1.165) is 0 Å². The Morgan fingerprint density at radius 3 is 2.41 bits per heavy atom. The van der Waals surface area contributed by atoms with E-state index in [0.29, 0.717) is 0 Å². The number of nitrogens with one attached hydrogen (secondary N) is 1. The fourth-order valence-electron chi connectivity index (χ4n) is 1.01. The molecule has 0 aliphatic rings. The van der Waals surface area contributed by atoms with Gasteiger partial charge in [0.1, 0.15) is 0 Å². The molecule has 2 atom stereocenters. The van der Waals surface area contributed by atoms with Crippen LogP contribution in [0.15, 0.2) is 29.5 Å². The number of anilines is 1. The average Bonchev–Trinajstić information content (AvgIpc) is 2.25. The Balaban J connectivity index is 3.07. The Hall–Kier alpha value is -1.11. The third-order valence-electron chi connectivity index (χ3n) is 1.71. The Labute approximate surface area is 95.5 Å². The summed E-state index contributed by atoms with van der Waals surface area (Å²) in [4.78, 5) is 42.5. The highest BCUT2D eigenvalue weighted by atomic mass is 31.2. The van der Waals surface area contributed by atoms with Crippen LogP contribution in [0.25, 0.3) is 0 Å². The molecule has 0 radical (unpaired) electrons. The lowest BCUT2D eigenvalue weighted by molar-refractivity contribution is 0.366. The van der Waals surface area contributed by atoms with Gasteiger partial charge in [0.15, 0.2) is 0 Å². The summed E-state index contributed by atoms with van der Waals surface area (Å²) in [7, 11) is -9.93. The van der Waals surface area contributed by atoms with E-state index >= 15 is 0 Å². The molecule has 94 valence electrons. The van der Waals surface area contributed by atoms with Gasteiger partial charge in [-0.2, -0.15) is 0 Å². The molecule has 0 saturated heterocycles. The monoisotopic (exact) mass is 281 g/mol. The van der Waals surface area contributed by atoms with Gasteiger partial charge in [-0.3, -0.25) is 14.1 Å². The molecule has 11 heteroatoms. The zero-order chi connectivity index (χ0) is 13.1. The minimum absolute atomic E-state index is 0.0822. The van der Waals surface area contributed by atoms with Gasteiger partial charge in [-0.25, -0.2) is 0 Å². The number of rotatable bonds is 5. The van der Waals surface area contributed by atoms with Crippen LogP contribution in [0.3, 0.4) is 0 Å². The average molecular weight is 281 g/mol. The maximum atomic E-state index is 11.2. The van der Waals surface area contributed by atoms with Gasteiger partial charge in [-0.1, -0.05) is 0 Å². The summed E-state index contributed by atoms with van der Waals surface area (Å²) in [5.41, 5.74) is -2.20. The lowest BCUT2D eigenvalue weighted by atomic mass is 10.4. The molecule has 4 N–H and O–H groups in total. The van der Waals surface area contributed by atoms with Crippen LogP contribution in [0.4, 0.5) is 5.69 Å². The van der Waals surface area contributed by atoms with Crippen LogP contribution >= 0.6 is 15.1 Å². The zero-order valence-electron chi connectivity index (χ0n) is 8.24. The first-order valence-electron chi connectivity index (χ1n) is 4.16. The summed E-state index contributed by atoms with van der Waals surface area (Å²) in [5.74, 6) is 0. The van der Waals surface area contributed by atoms with E-state index in [4.69, 9.17) is 14.7 Å². The van der Waals surface area contributed by atoms with E-state index in [1.54, 1.807) is 0 Å². The second-order valence-electron chi connectivity index (χ2n) is 3.02. The van der Waals surface area contributed by atoms with Crippen molar-refractivity contribution in [3.8, 4) is 0 Å². The molecule has 1 rings (SSSR count). The number of pyridine rings is 1. The summed E-state index contributed by atoms with van der Waals surface area (Å²) in [6.45, 7) is 0. The lowest BCUT2D eigenvalue weighted by Gasteiger charge is -2.20. The molecule has 0 aliphatic carbocycles. The van der Waals surface area contributed by atoms with Gasteiger partial charge < -0.3 is 20.0 Å². The van der Waals surface area contributed by atoms with Crippen LogP contribution in [0.2, 0.25) is 0 Å². The first kappa shape index (κ1) is 14.0. The number of hydrogen-bond acceptors (Lipinski definition) is 5. The van der Waals surface area contributed by atoms with E-state index < -0.39 is 20.6 Å². The summed E-state index contributed by atoms with van der Waals surface area (Å²) in [6.07, 6.45) is 2.57. The Morgan fingerprint density at radius 2 is 2.00 bits per heavy atom. The molecular weight excluding hydrogens is 272 g/mol. The maximum Gasteiger partial charge on any atom is 0.383 e. The molecule has 1 aromatic rings. The van der Waals surface area contributed by atoms with Crippen molar-refractivity contribution >= 4 is 20.8 Å². The van der Waals surface area contributed by atoms with Gasteiger partial charge >= 0.3 is 15.1 Å². The minimum atomic E-state index is -5.03. The van der Waals surface area contributed by atoms with Crippen molar-refractivity contribution in [1.29, 1.82) is 0 Å². The molecule has 0 fully saturated rings. The van der Waals surface area contributed by atoms with Crippen molar-refractivity contribution in [2.24, 2.45) is 4.95 Å². The zero-order valence-corrected chi connectivity index (χ0v) is 10.0. The number of hydrogen-bond donors (Lipinski definition) is 4. The first-order valence-corrected chi connectivity index (χ1v) is 7.53. The largest absolute Gasteiger partial charge is 0.383 e. The van der Waals surface area contributed by atoms with Gasteiger partial charge in [0.25, 0.3) is 0 Å². The van der Waals surface area contributed by atoms with Gasteiger partial charge in [-0.05, 0) is 12.1 Å². The number of aromatic nitrogens is 1. The molecule has 2 unspecified atom stereocenters. The predicted molar refractivity (Wildman–Crippen MR) is 59.3 cm³/mol. The van der Waals surface area contributed by atoms with E-state index in [1.165, 1.54) is 24.5 Å². The topological polar surface area (TPSA) is 149 Å². The Bertz CT molecular complexity index is 488. The highest BCUT2D eigenvalue weighted by Gasteiger charge is 2.46. The summed E-state index contributed by atoms with van der Waals surface area (Å²) in [5, 5.41) is 2.08.